The van der Waals surface area contributed by atoms with E-state index in [0.717, 1.165) is 42.8 Å². The van der Waals surface area contributed by atoms with Crippen LogP contribution < -0.4 is 10.6 Å². The highest BCUT2D eigenvalue weighted by Crippen LogP contribution is 2.61. The zero-order chi connectivity index (χ0) is 24.3. The minimum atomic E-state index is 0.349. The molecule has 2 heteroatoms. The van der Waals surface area contributed by atoms with Crippen molar-refractivity contribution in [3.63, 3.8) is 0 Å². The molecule has 1 aromatic carbocycles. The van der Waals surface area contributed by atoms with Gasteiger partial charge in [0, 0.05) is 25.7 Å². The van der Waals surface area contributed by atoms with E-state index in [9.17, 15) is 0 Å². The molecule has 0 amide bonds. The monoisotopic (exact) mass is 464 g/mol. The van der Waals surface area contributed by atoms with Crippen LogP contribution in [0.1, 0.15) is 110 Å². The van der Waals surface area contributed by atoms with Gasteiger partial charge in [-0.15, -0.1) is 0 Å². The second-order valence-electron chi connectivity index (χ2n) is 14.3. The second-order valence-corrected chi connectivity index (χ2v) is 14.3. The van der Waals surface area contributed by atoms with E-state index in [1.54, 1.807) is 11.1 Å². The van der Waals surface area contributed by atoms with Gasteiger partial charge >= 0.3 is 0 Å². The van der Waals surface area contributed by atoms with Crippen molar-refractivity contribution in [2.45, 2.75) is 111 Å². The first-order chi connectivity index (χ1) is 16.1. The van der Waals surface area contributed by atoms with Gasteiger partial charge in [0.25, 0.3) is 0 Å². The maximum absolute atomic E-state index is 3.95. The molecule has 5 aliphatic rings. The Kier molecular flexibility index (Phi) is 6.50. The number of nitrogens with one attached hydrogen (secondary N) is 2. The number of aryl methyl sites for hydroxylation is 1. The average molecular weight is 465 g/mol. The van der Waals surface area contributed by atoms with Crippen molar-refractivity contribution < 1.29 is 0 Å². The number of fused-ring (bicyclic) bond motifs is 5. The first-order valence-electron chi connectivity index (χ1n) is 14.6. The normalized spacial score (nSPS) is 40.4. The Morgan fingerprint density at radius 1 is 1.03 bits per heavy atom. The van der Waals surface area contributed by atoms with Crippen molar-refractivity contribution in [1.29, 1.82) is 0 Å². The van der Waals surface area contributed by atoms with Gasteiger partial charge in [-0.3, -0.25) is 0 Å². The van der Waals surface area contributed by atoms with E-state index in [0.29, 0.717) is 22.2 Å². The van der Waals surface area contributed by atoms with Crippen LogP contribution >= 0.6 is 0 Å². The average Bonchev–Trinajstić information content (AvgIpc) is 2.79. The molecule has 0 spiro atoms. The Morgan fingerprint density at radius 3 is 2.53 bits per heavy atom. The third-order valence-corrected chi connectivity index (χ3v) is 11.8. The Hall–Kier alpha value is -0.860. The van der Waals surface area contributed by atoms with Crippen LogP contribution in [0.2, 0.25) is 0 Å². The standard InChI is InChI=1S/C32H52N2/c1-21(2)23-9-11-26-24(17-23)10-12-29-31(6,13-8-14-32(26,29)7)20-33-15-16-34-28-19-25-18-27(22(28)3)30(25,4)5/h9,11,17,21-22,25,27-29,33-34H,8,10,12-16,18-20H2,1-7H3/t22-,25+,27-,28-,29+,31+,32-/m1/s1. The van der Waals surface area contributed by atoms with Crippen molar-refractivity contribution in [1.82, 2.24) is 10.6 Å². The van der Waals surface area contributed by atoms with Gasteiger partial charge in [0.15, 0.2) is 0 Å². The molecule has 0 radical (unpaired) electrons. The van der Waals surface area contributed by atoms with E-state index >= 15 is 0 Å². The van der Waals surface area contributed by atoms with Gasteiger partial charge in [-0.05, 0) is 101 Å². The van der Waals surface area contributed by atoms with Crippen LogP contribution in [-0.4, -0.2) is 25.7 Å². The molecular weight excluding hydrogens is 412 g/mol. The predicted molar refractivity (Wildman–Crippen MR) is 145 cm³/mol. The van der Waals surface area contributed by atoms with Crippen molar-refractivity contribution in [2.24, 2.45) is 34.5 Å². The van der Waals surface area contributed by atoms with Crippen molar-refractivity contribution in [2.75, 3.05) is 19.6 Å². The van der Waals surface area contributed by atoms with E-state index in [2.05, 4.69) is 77.3 Å². The molecule has 2 bridgehead atoms. The fourth-order valence-corrected chi connectivity index (χ4v) is 9.35. The lowest BCUT2D eigenvalue weighted by Gasteiger charge is -2.62. The molecule has 2 nitrogen and oxygen atoms in total. The molecule has 7 atom stereocenters. The Labute approximate surface area is 210 Å². The molecule has 0 heterocycles. The molecule has 4 saturated carbocycles. The molecule has 0 aliphatic heterocycles. The van der Waals surface area contributed by atoms with E-state index in [4.69, 9.17) is 0 Å². The highest BCUT2D eigenvalue weighted by Gasteiger charge is 2.56. The molecule has 2 N–H and O–H groups in total. The summed E-state index contributed by atoms with van der Waals surface area (Å²) in [5.74, 6) is 4.12. The summed E-state index contributed by atoms with van der Waals surface area (Å²) in [7, 11) is 0. The van der Waals surface area contributed by atoms with Crippen LogP contribution in [0.15, 0.2) is 18.2 Å². The first-order valence-corrected chi connectivity index (χ1v) is 14.6. The van der Waals surface area contributed by atoms with Gasteiger partial charge in [-0.25, -0.2) is 0 Å². The first kappa shape index (κ1) is 24.8. The van der Waals surface area contributed by atoms with Crippen LogP contribution in [0.5, 0.6) is 0 Å². The zero-order valence-electron chi connectivity index (χ0n) is 23.3. The molecular formula is C32H52N2. The third-order valence-electron chi connectivity index (χ3n) is 11.8. The summed E-state index contributed by atoms with van der Waals surface area (Å²) in [6, 6.07) is 8.20. The summed E-state index contributed by atoms with van der Waals surface area (Å²) in [4.78, 5) is 0. The molecule has 1 aromatic rings. The minimum Gasteiger partial charge on any atom is -0.315 e. The summed E-state index contributed by atoms with van der Waals surface area (Å²) in [5.41, 5.74) is 6.18. The molecule has 0 saturated heterocycles. The zero-order valence-corrected chi connectivity index (χ0v) is 23.3. The van der Waals surface area contributed by atoms with Gasteiger partial charge < -0.3 is 10.6 Å². The van der Waals surface area contributed by atoms with E-state index in [-0.39, 0.29) is 0 Å². The van der Waals surface area contributed by atoms with E-state index in [1.807, 2.05) is 0 Å². The number of hydrogen-bond donors (Lipinski definition) is 2. The summed E-state index contributed by atoms with van der Waals surface area (Å²) in [5, 5.41) is 7.87. The molecule has 190 valence electrons. The number of rotatable bonds is 7. The maximum Gasteiger partial charge on any atom is 0.00989 e. The predicted octanol–water partition coefficient (Wildman–Crippen LogP) is 7.07. The highest BCUT2D eigenvalue weighted by molar-refractivity contribution is 5.42. The molecule has 34 heavy (non-hydrogen) atoms. The molecule has 6 rings (SSSR count). The SMILES string of the molecule is CC(C)c1ccc2c(c1)CC[C@H]1[C@](C)(CNCCN[C@@H]3C[C@@H]4C[C@H]([C@H]3C)C4(C)C)CCC[C@]21C. The van der Waals surface area contributed by atoms with Crippen LogP contribution in [0.25, 0.3) is 0 Å². The summed E-state index contributed by atoms with van der Waals surface area (Å²) >= 11 is 0. The Bertz CT molecular complexity index is 887. The van der Waals surface area contributed by atoms with Gasteiger partial charge in [0.2, 0.25) is 0 Å². The molecule has 0 unspecified atom stereocenters. The minimum absolute atomic E-state index is 0.349. The van der Waals surface area contributed by atoms with Crippen LogP contribution in [0.3, 0.4) is 0 Å². The lowest BCUT2D eigenvalue weighted by molar-refractivity contribution is -0.114. The van der Waals surface area contributed by atoms with Crippen molar-refractivity contribution in [3.8, 4) is 0 Å². The maximum atomic E-state index is 3.95. The van der Waals surface area contributed by atoms with Gasteiger partial charge in [0.1, 0.15) is 0 Å². The molecule has 0 aromatic heterocycles. The van der Waals surface area contributed by atoms with Crippen LogP contribution in [0.4, 0.5) is 0 Å². The lowest BCUT2D eigenvalue weighted by atomic mass is 9.45. The number of hydrogen-bond acceptors (Lipinski definition) is 2. The van der Waals surface area contributed by atoms with Crippen LogP contribution in [0, 0.1) is 34.5 Å². The Morgan fingerprint density at radius 2 is 1.82 bits per heavy atom. The van der Waals surface area contributed by atoms with Crippen molar-refractivity contribution >= 4 is 0 Å². The van der Waals surface area contributed by atoms with Gasteiger partial charge in [0.05, 0.1) is 0 Å². The smallest absolute Gasteiger partial charge is 0.00989 e. The third kappa shape index (κ3) is 4.00. The molecule has 5 aliphatic carbocycles. The summed E-state index contributed by atoms with van der Waals surface area (Å²) in [6.07, 6.45) is 9.61. The van der Waals surface area contributed by atoms with Crippen molar-refractivity contribution in [3.05, 3.63) is 34.9 Å². The summed E-state index contributed by atoms with van der Waals surface area (Å²) in [6.45, 7) is 20.8. The quantitative estimate of drug-likeness (QED) is 0.422. The van der Waals surface area contributed by atoms with Gasteiger partial charge in [-0.2, -0.15) is 0 Å². The Balaban J connectivity index is 1.17. The summed E-state index contributed by atoms with van der Waals surface area (Å²) < 4.78 is 0. The fourth-order valence-electron chi connectivity index (χ4n) is 9.35. The van der Waals surface area contributed by atoms with Crippen LogP contribution in [-0.2, 0) is 11.8 Å². The van der Waals surface area contributed by atoms with E-state index < -0.39 is 0 Å². The topological polar surface area (TPSA) is 24.1 Å². The number of benzene rings is 1. The van der Waals surface area contributed by atoms with Gasteiger partial charge in [-0.1, -0.05) is 73.1 Å². The van der Waals surface area contributed by atoms with E-state index in [1.165, 1.54) is 57.1 Å². The lowest BCUT2D eigenvalue weighted by Crippen LogP contribution is -2.60. The highest BCUT2D eigenvalue weighted by atomic mass is 15.0. The largest absolute Gasteiger partial charge is 0.315 e. The fraction of sp³-hybridized carbons (Fsp3) is 0.812. The molecule has 4 fully saturated rings. The second kappa shape index (κ2) is 8.91.